The maximum absolute atomic E-state index is 12.1. The third-order valence-electron chi connectivity index (χ3n) is 3.58. The molecule has 0 fully saturated rings. The standard InChI is InChI=1S/C17H18ClNO2S/c1-3-10-17(16(20)21,13-7-4-5-8-14(13)18)19-12(2)15-9-6-11-22-15/h3-9,11-12,19H,1,10H2,2H3,(H,20,21). The van der Waals surface area contributed by atoms with E-state index < -0.39 is 11.5 Å². The van der Waals surface area contributed by atoms with Crippen molar-refractivity contribution in [2.24, 2.45) is 0 Å². The first-order chi connectivity index (χ1) is 10.5. The normalized spacial score (nSPS) is 15.0. The van der Waals surface area contributed by atoms with Crippen molar-refractivity contribution in [1.82, 2.24) is 5.32 Å². The van der Waals surface area contributed by atoms with Crippen LogP contribution in [0.2, 0.25) is 5.02 Å². The molecule has 1 aromatic heterocycles. The predicted molar refractivity (Wildman–Crippen MR) is 91.4 cm³/mol. The second-order valence-electron chi connectivity index (χ2n) is 5.06. The van der Waals surface area contributed by atoms with E-state index in [2.05, 4.69) is 11.9 Å². The van der Waals surface area contributed by atoms with Gasteiger partial charge in [-0.1, -0.05) is 41.9 Å². The number of nitrogens with one attached hydrogen (secondary N) is 1. The minimum atomic E-state index is -1.30. The highest BCUT2D eigenvalue weighted by atomic mass is 35.5. The van der Waals surface area contributed by atoms with Gasteiger partial charge in [-0.25, -0.2) is 4.79 Å². The van der Waals surface area contributed by atoms with Crippen molar-refractivity contribution in [3.63, 3.8) is 0 Å². The number of thiophene rings is 1. The third kappa shape index (κ3) is 3.24. The van der Waals surface area contributed by atoms with E-state index in [4.69, 9.17) is 11.6 Å². The lowest BCUT2D eigenvalue weighted by Gasteiger charge is -2.33. The fourth-order valence-electron chi connectivity index (χ4n) is 2.51. The molecule has 2 unspecified atom stereocenters. The highest BCUT2D eigenvalue weighted by molar-refractivity contribution is 7.10. The molecule has 2 atom stereocenters. The van der Waals surface area contributed by atoms with Crippen LogP contribution in [-0.4, -0.2) is 11.1 Å². The van der Waals surface area contributed by atoms with Crippen molar-refractivity contribution in [2.75, 3.05) is 0 Å². The first-order valence-corrected chi connectivity index (χ1v) is 8.17. The Morgan fingerprint density at radius 3 is 2.73 bits per heavy atom. The number of halogens is 1. The van der Waals surface area contributed by atoms with Crippen molar-refractivity contribution in [3.05, 3.63) is 69.9 Å². The van der Waals surface area contributed by atoms with E-state index in [1.807, 2.05) is 24.4 Å². The molecule has 2 rings (SSSR count). The van der Waals surface area contributed by atoms with Crippen LogP contribution in [0.1, 0.15) is 29.8 Å². The quantitative estimate of drug-likeness (QED) is 0.726. The average molecular weight is 336 g/mol. The van der Waals surface area contributed by atoms with Crippen LogP contribution in [0, 0.1) is 0 Å². The summed E-state index contributed by atoms with van der Waals surface area (Å²) in [5.41, 5.74) is -0.753. The molecular formula is C17H18ClNO2S. The van der Waals surface area contributed by atoms with Crippen LogP contribution < -0.4 is 5.32 Å². The van der Waals surface area contributed by atoms with Crippen molar-refractivity contribution in [1.29, 1.82) is 0 Å². The monoisotopic (exact) mass is 335 g/mol. The minimum absolute atomic E-state index is 0.118. The Hall–Kier alpha value is -1.62. The summed E-state index contributed by atoms with van der Waals surface area (Å²) in [5, 5.41) is 15.6. The zero-order chi connectivity index (χ0) is 16.2. The Kier molecular flexibility index (Phi) is 5.40. The van der Waals surface area contributed by atoms with Gasteiger partial charge in [0.25, 0.3) is 0 Å². The van der Waals surface area contributed by atoms with Gasteiger partial charge in [0.2, 0.25) is 0 Å². The summed E-state index contributed by atoms with van der Waals surface area (Å²) in [6.07, 6.45) is 1.84. The minimum Gasteiger partial charge on any atom is -0.480 e. The summed E-state index contributed by atoms with van der Waals surface area (Å²) < 4.78 is 0. The maximum Gasteiger partial charge on any atom is 0.328 e. The van der Waals surface area contributed by atoms with Gasteiger partial charge in [0.1, 0.15) is 5.54 Å². The van der Waals surface area contributed by atoms with Crippen LogP contribution in [-0.2, 0) is 10.3 Å². The molecule has 3 nitrogen and oxygen atoms in total. The molecule has 2 aromatic rings. The molecule has 22 heavy (non-hydrogen) atoms. The summed E-state index contributed by atoms with van der Waals surface area (Å²) >= 11 is 7.85. The lowest BCUT2D eigenvalue weighted by atomic mass is 9.85. The number of hydrogen-bond donors (Lipinski definition) is 2. The van der Waals surface area contributed by atoms with Gasteiger partial charge in [0.15, 0.2) is 0 Å². The molecular weight excluding hydrogens is 318 g/mol. The molecule has 0 saturated heterocycles. The van der Waals surface area contributed by atoms with Crippen LogP contribution in [0.25, 0.3) is 0 Å². The Morgan fingerprint density at radius 2 is 2.18 bits per heavy atom. The largest absolute Gasteiger partial charge is 0.480 e. The molecule has 0 saturated carbocycles. The molecule has 0 bridgehead atoms. The zero-order valence-electron chi connectivity index (χ0n) is 12.3. The number of rotatable bonds is 7. The van der Waals surface area contributed by atoms with E-state index in [0.29, 0.717) is 10.6 Å². The first-order valence-electron chi connectivity index (χ1n) is 6.91. The van der Waals surface area contributed by atoms with Crippen LogP contribution in [0.5, 0.6) is 0 Å². The van der Waals surface area contributed by atoms with Gasteiger partial charge < -0.3 is 5.11 Å². The zero-order valence-corrected chi connectivity index (χ0v) is 13.8. The van der Waals surface area contributed by atoms with Crippen molar-refractivity contribution >= 4 is 28.9 Å². The fourth-order valence-corrected chi connectivity index (χ4v) is 3.54. The average Bonchev–Trinajstić information content (AvgIpc) is 3.01. The number of carbonyl (C=O) groups is 1. The number of carboxylic acid groups (broad SMARTS) is 1. The molecule has 0 radical (unpaired) electrons. The first kappa shape index (κ1) is 16.7. The van der Waals surface area contributed by atoms with Gasteiger partial charge in [-0.2, -0.15) is 0 Å². The maximum atomic E-state index is 12.1. The molecule has 0 aliphatic heterocycles. The fraction of sp³-hybridized carbons (Fsp3) is 0.235. The third-order valence-corrected chi connectivity index (χ3v) is 4.97. The summed E-state index contributed by atoms with van der Waals surface area (Å²) in [5.74, 6) is -0.969. The van der Waals surface area contributed by atoms with Gasteiger partial charge in [-0.15, -0.1) is 17.9 Å². The molecule has 2 N–H and O–H groups in total. The van der Waals surface area contributed by atoms with Gasteiger partial charge in [-0.05, 0) is 30.9 Å². The Labute approximate surface area is 139 Å². The molecule has 0 aliphatic rings. The van der Waals surface area contributed by atoms with Gasteiger partial charge in [0, 0.05) is 21.5 Å². The van der Waals surface area contributed by atoms with E-state index in [0.717, 1.165) is 4.88 Å². The second kappa shape index (κ2) is 7.09. The van der Waals surface area contributed by atoms with Gasteiger partial charge in [0.05, 0.1) is 0 Å². The van der Waals surface area contributed by atoms with E-state index in [1.54, 1.807) is 41.7 Å². The highest BCUT2D eigenvalue weighted by Gasteiger charge is 2.41. The number of aliphatic carboxylic acids is 1. The molecule has 0 aliphatic carbocycles. The SMILES string of the molecule is C=CCC(NC(C)c1cccs1)(C(=O)O)c1ccccc1Cl. The molecule has 0 spiro atoms. The van der Waals surface area contributed by atoms with Crippen molar-refractivity contribution < 1.29 is 9.90 Å². The Morgan fingerprint density at radius 1 is 1.45 bits per heavy atom. The van der Waals surface area contributed by atoms with Gasteiger partial charge in [-0.3, -0.25) is 5.32 Å². The molecule has 1 aromatic carbocycles. The van der Waals surface area contributed by atoms with Crippen LogP contribution in [0.4, 0.5) is 0 Å². The summed E-state index contributed by atoms with van der Waals surface area (Å²) in [6, 6.07) is 10.8. The summed E-state index contributed by atoms with van der Waals surface area (Å²) in [6.45, 7) is 5.66. The molecule has 0 amide bonds. The van der Waals surface area contributed by atoms with E-state index in [1.165, 1.54) is 0 Å². The van der Waals surface area contributed by atoms with Crippen LogP contribution in [0.15, 0.2) is 54.4 Å². The number of hydrogen-bond acceptors (Lipinski definition) is 3. The highest BCUT2D eigenvalue weighted by Crippen LogP contribution is 2.35. The van der Waals surface area contributed by atoms with E-state index in [-0.39, 0.29) is 12.5 Å². The van der Waals surface area contributed by atoms with Crippen LogP contribution in [0.3, 0.4) is 0 Å². The van der Waals surface area contributed by atoms with Crippen molar-refractivity contribution in [3.8, 4) is 0 Å². The topological polar surface area (TPSA) is 49.3 Å². The molecule has 116 valence electrons. The van der Waals surface area contributed by atoms with E-state index in [9.17, 15) is 9.90 Å². The Balaban J connectivity index is 2.48. The number of carboxylic acids is 1. The predicted octanol–water partition coefficient (Wildman–Crippen LogP) is 4.61. The molecule has 1 heterocycles. The second-order valence-corrected chi connectivity index (χ2v) is 6.45. The molecule has 5 heteroatoms. The number of benzene rings is 1. The van der Waals surface area contributed by atoms with E-state index >= 15 is 0 Å². The van der Waals surface area contributed by atoms with Crippen LogP contribution >= 0.6 is 22.9 Å². The summed E-state index contributed by atoms with van der Waals surface area (Å²) in [4.78, 5) is 13.2. The Bertz CT molecular complexity index is 656. The smallest absolute Gasteiger partial charge is 0.328 e. The lowest BCUT2D eigenvalue weighted by Crippen LogP contribution is -2.50. The van der Waals surface area contributed by atoms with Gasteiger partial charge >= 0.3 is 5.97 Å². The lowest BCUT2D eigenvalue weighted by molar-refractivity contribution is -0.145. The summed E-state index contributed by atoms with van der Waals surface area (Å²) in [7, 11) is 0. The van der Waals surface area contributed by atoms with Crippen molar-refractivity contribution in [2.45, 2.75) is 24.9 Å².